The molecule has 1 rings (SSSR count). The van der Waals surface area contributed by atoms with Crippen molar-refractivity contribution >= 4 is 0 Å². The van der Waals surface area contributed by atoms with Gasteiger partial charge in [0.2, 0.25) is 0 Å². The van der Waals surface area contributed by atoms with Crippen LogP contribution < -0.4 is 5.32 Å². The number of rotatable bonds is 46. The Kier molecular flexibility index (Phi) is 42.8. The minimum absolute atomic E-state index is 1.15. The second-order valence-electron chi connectivity index (χ2n) is 17.8. The fraction of sp³-hybridized carbons (Fsp3) is 0.852. The molecule has 0 amide bonds. The van der Waals surface area contributed by atoms with Crippen LogP contribution in [0, 0.1) is 0 Å². The van der Waals surface area contributed by atoms with Gasteiger partial charge in [0.25, 0.3) is 0 Å². The first-order valence-electron chi connectivity index (χ1n) is 25.8. The standard InChI is InChI=1S/C54H100N/c1-3-5-7-9-11-13-15-17-19-21-23-25-27-29-31-33-35-37-39-41-43-45-47-49-53-51-52-55-54(53)50-48-46-44-42-40-38-36-34-32-30-28-26-24-22-20-18-16-14-12-10-8-6-4-2/h47-52H,3-46H2,1-2H3. The highest BCUT2D eigenvalue weighted by Gasteiger charge is 2.04. The monoisotopic (exact) mass is 763 g/mol. The molecule has 0 bridgehead atoms. The van der Waals surface area contributed by atoms with Crippen LogP contribution in [0.15, 0.2) is 47.9 Å². The van der Waals surface area contributed by atoms with Crippen LogP contribution in [0.3, 0.4) is 0 Å². The predicted molar refractivity (Wildman–Crippen MR) is 251 cm³/mol. The lowest BCUT2D eigenvalue weighted by Crippen LogP contribution is -1.89. The highest BCUT2D eigenvalue weighted by Crippen LogP contribution is 2.19. The van der Waals surface area contributed by atoms with E-state index in [0.717, 1.165) is 5.70 Å². The van der Waals surface area contributed by atoms with E-state index < -0.39 is 0 Å². The van der Waals surface area contributed by atoms with Crippen molar-refractivity contribution in [1.82, 2.24) is 5.32 Å². The molecule has 0 aromatic carbocycles. The van der Waals surface area contributed by atoms with E-state index in [1.54, 1.807) is 0 Å². The lowest BCUT2D eigenvalue weighted by Gasteiger charge is -2.04. The van der Waals surface area contributed by atoms with Crippen LogP contribution in [0.2, 0.25) is 0 Å². The Balaban J connectivity index is 1.82. The molecule has 0 fully saturated rings. The highest BCUT2D eigenvalue weighted by molar-refractivity contribution is 5.44. The lowest BCUT2D eigenvalue weighted by atomic mass is 10.0. The van der Waals surface area contributed by atoms with Crippen LogP contribution in [-0.4, -0.2) is 0 Å². The van der Waals surface area contributed by atoms with Crippen molar-refractivity contribution in [2.24, 2.45) is 0 Å². The maximum absolute atomic E-state index is 4.61. The van der Waals surface area contributed by atoms with Gasteiger partial charge in [-0.05, 0) is 37.8 Å². The van der Waals surface area contributed by atoms with E-state index in [1.807, 2.05) is 6.20 Å². The molecule has 0 N–H and O–H groups in total. The second-order valence-corrected chi connectivity index (χ2v) is 17.8. The minimum Gasteiger partial charge on any atom is -0.256 e. The third kappa shape index (κ3) is 39.4. The fourth-order valence-corrected chi connectivity index (χ4v) is 8.43. The molecule has 55 heavy (non-hydrogen) atoms. The molecule has 0 saturated heterocycles. The molecule has 0 atom stereocenters. The molecule has 0 aromatic heterocycles. The lowest BCUT2D eigenvalue weighted by molar-refractivity contribution is 0.520. The number of hydrogen-bond acceptors (Lipinski definition) is 0. The van der Waals surface area contributed by atoms with Gasteiger partial charge in [0, 0.05) is 11.8 Å². The molecular weight excluding hydrogens is 663 g/mol. The Hall–Kier alpha value is -1.24. The third-order valence-electron chi connectivity index (χ3n) is 12.3. The molecule has 1 aliphatic heterocycles. The predicted octanol–water partition coefficient (Wildman–Crippen LogP) is 19.7. The first kappa shape index (κ1) is 51.8. The molecule has 0 unspecified atom stereocenters. The minimum atomic E-state index is 1.15. The molecule has 1 heteroatoms. The van der Waals surface area contributed by atoms with Crippen LogP contribution in [-0.2, 0) is 0 Å². The Morgan fingerprint density at radius 2 is 0.545 bits per heavy atom. The van der Waals surface area contributed by atoms with Gasteiger partial charge in [0.15, 0.2) is 0 Å². The summed E-state index contributed by atoms with van der Waals surface area (Å²) in [5.74, 6) is 0. The normalized spacial score (nSPS) is 13.1. The van der Waals surface area contributed by atoms with Crippen molar-refractivity contribution in [3.8, 4) is 0 Å². The van der Waals surface area contributed by atoms with Gasteiger partial charge in [-0.3, -0.25) is 5.32 Å². The molecule has 1 heterocycles. The van der Waals surface area contributed by atoms with E-state index in [1.165, 1.54) is 288 Å². The summed E-state index contributed by atoms with van der Waals surface area (Å²) in [4.78, 5) is 0. The Morgan fingerprint density at radius 3 is 0.818 bits per heavy atom. The SMILES string of the molecule is CCCCCCCCCCCCCCCCCCCCCCCC=CC1=C(C=CCCCCCCCCCCCCCCCCCCCCCCC)[N]C=C1. The van der Waals surface area contributed by atoms with Crippen LogP contribution in [0.25, 0.3) is 0 Å². The molecular formula is C54H100N. The summed E-state index contributed by atoms with van der Waals surface area (Å²) in [6, 6.07) is 0. The van der Waals surface area contributed by atoms with Crippen molar-refractivity contribution in [2.45, 2.75) is 296 Å². The number of nitrogens with zero attached hydrogens (tertiary/aromatic N) is 1. The van der Waals surface area contributed by atoms with Crippen LogP contribution in [0.5, 0.6) is 0 Å². The molecule has 321 valence electrons. The van der Waals surface area contributed by atoms with E-state index in [9.17, 15) is 0 Å². The van der Waals surface area contributed by atoms with Crippen molar-refractivity contribution in [1.29, 1.82) is 0 Å². The molecule has 0 aliphatic carbocycles. The van der Waals surface area contributed by atoms with E-state index in [0.29, 0.717) is 0 Å². The van der Waals surface area contributed by atoms with Crippen molar-refractivity contribution in [3.05, 3.63) is 47.9 Å². The molecule has 1 nitrogen and oxygen atoms in total. The Labute approximate surface area is 348 Å². The molecule has 1 aliphatic rings. The first-order chi connectivity index (χ1) is 27.4. The largest absolute Gasteiger partial charge is 0.256 e. The number of hydrogen-bond donors (Lipinski definition) is 0. The number of allylic oxidation sites excluding steroid dienone is 6. The van der Waals surface area contributed by atoms with Gasteiger partial charge < -0.3 is 0 Å². The second kappa shape index (κ2) is 45.5. The smallest absolute Gasteiger partial charge is 0.0699 e. The molecule has 0 spiro atoms. The van der Waals surface area contributed by atoms with E-state index in [4.69, 9.17) is 0 Å². The topological polar surface area (TPSA) is 14.1 Å². The molecule has 0 aromatic rings. The summed E-state index contributed by atoms with van der Waals surface area (Å²) in [7, 11) is 0. The maximum atomic E-state index is 4.61. The highest BCUT2D eigenvalue weighted by atomic mass is 14.9. The summed E-state index contributed by atoms with van der Waals surface area (Å²) in [6.45, 7) is 4.62. The fourth-order valence-electron chi connectivity index (χ4n) is 8.43. The van der Waals surface area contributed by atoms with Gasteiger partial charge in [-0.1, -0.05) is 289 Å². The van der Waals surface area contributed by atoms with Crippen molar-refractivity contribution in [2.75, 3.05) is 0 Å². The summed E-state index contributed by atoms with van der Waals surface area (Å²) >= 11 is 0. The summed E-state index contributed by atoms with van der Waals surface area (Å²) in [5, 5.41) is 4.61. The average Bonchev–Trinajstić information content (AvgIpc) is 3.65. The van der Waals surface area contributed by atoms with E-state index >= 15 is 0 Å². The van der Waals surface area contributed by atoms with Gasteiger partial charge in [-0.25, -0.2) is 0 Å². The Morgan fingerprint density at radius 1 is 0.309 bits per heavy atom. The van der Waals surface area contributed by atoms with E-state index in [-0.39, 0.29) is 0 Å². The van der Waals surface area contributed by atoms with Crippen molar-refractivity contribution in [3.63, 3.8) is 0 Å². The first-order valence-corrected chi connectivity index (χ1v) is 25.8. The molecule has 0 saturated carbocycles. The van der Waals surface area contributed by atoms with Gasteiger partial charge in [-0.2, -0.15) is 0 Å². The molecule has 1 radical (unpaired) electrons. The van der Waals surface area contributed by atoms with Crippen LogP contribution in [0.4, 0.5) is 0 Å². The summed E-state index contributed by atoms with van der Waals surface area (Å²) < 4.78 is 0. The van der Waals surface area contributed by atoms with Gasteiger partial charge in [0.05, 0.1) is 5.70 Å². The van der Waals surface area contributed by atoms with Crippen LogP contribution >= 0.6 is 0 Å². The van der Waals surface area contributed by atoms with Crippen molar-refractivity contribution < 1.29 is 0 Å². The zero-order valence-electron chi connectivity index (χ0n) is 38.0. The van der Waals surface area contributed by atoms with E-state index in [2.05, 4.69) is 49.5 Å². The zero-order chi connectivity index (χ0) is 39.2. The summed E-state index contributed by atoms with van der Waals surface area (Å²) in [5.41, 5.74) is 2.44. The summed E-state index contributed by atoms with van der Waals surface area (Å²) in [6.07, 6.45) is 76.7. The number of unbranched alkanes of at least 4 members (excludes halogenated alkanes) is 42. The Bertz CT molecular complexity index is 860. The third-order valence-corrected chi connectivity index (χ3v) is 12.3. The zero-order valence-corrected chi connectivity index (χ0v) is 38.0. The quantitative estimate of drug-likeness (QED) is 0.0549. The van der Waals surface area contributed by atoms with Gasteiger partial charge in [-0.15, -0.1) is 0 Å². The average molecular weight is 763 g/mol. The van der Waals surface area contributed by atoms with Crippen LogP contribution in [0.1, 0.15) is 296 Å². The van der Waals surface area contributed by atoms with Gasteiger partial charge >= 0.3 is 0 Å². The maximum Gasteiger partial charge on any atom is 0.0699 e. The van der Waals surface area contributed by atoms with Gasteiger partial charge in [0.1, 0.15) is 0 Å².